The van der Waals surface area contributed by atoms with Gasteiger partial charge in [0, 0.05) is 26.2 Å². The summed E-state index contributed by atoms with van der Waals surface area (Å²) in [6.45, 7) is 3.44. The lowest BCUT2D eigenvalue weighted by Crippen LogP contribution is -2.56. The van der Waals surface area contributed by atoms with Gasteiger partial charge in [0.25, 0.3) is 0 Å². The van der Waals surface area contributed by atoms with Gasteiger partial charge < -0.3 is 15.0 Å². The molecule has 0 spiro atoms. The first-order valence-electron chi connectivity index (χ1n) is 7.61. The summed E-state index contributed by atoms with van der Waals surface area (Å²) >= 11 is 5.74. The lowest BCUT2D eigenvalue weighted by Gasteiger charge is -2.41. The topological polar surface area (TPSA) is 57.2 Å². The summed E-state index contributed by atoms with van der Waals surface area (Å²) < 4.78 is 32.3. The van der Waals surface area contributed by atoms with Crippen LogP contribution in [0.25, 0.3) is 0 Å². The third-order valence-corrected chi connectivity index (χ3v) is 4.14. The fourth-order valence-corrected chi connectivity index (χ4v) is 2.81. The van der Waals surface area contributed by atoms with Gasteiger partial charge in [-0.05, 0) is 6.92 Å². The summed E-state index contributed by atoms with van der Waals surface area (Å²) in [5.41, 5.74) is 0. The van der Waals surface area contributed by atoms with Crippen LogP contribution in [0.3, 0.4) is 0 Å². The van der Waals surface area contributed by atoms with Crippen molar-refractivity contribution in [3.63, 3.8) is 0 Å². The number of hydrogen-bond donors (Lipinski definition) is 1. The van der Waals surface area contributed by atoms with Crippen LogP contribution in [0.5, 0.6) is 0 Å². The Morgan fingerprint density at radius 1 is 1.52 bits per heavy atom. The van der Waals surface area contributed by atoms with Gasteiger partial charge in [0.2, 0.25) is 0 Å². The van der Waals surface area contributed by atoms with E-state index >= 15 is 0 Å². The third kappa shape index (κ3) is 4.54. The van der Waals surface area contributed by atoms with Crippen molar-refractivity contribution in [1.29, 1.82) is 0 Å². The molecule has 2 heterocycles. The van der Waals surface area contributed by atoms with Crippen LogP contribution in [-0.4, -0.2) is 73.8 Å². The Kier molecular flexibility index (Phi) is 6.59. The Balaban J connectivity index is 1.94. The van der Waals surface area contributed by atoms with Gasteiger partial charge in [-0.25, -0.2) is 9.38 Å². The summed E-state index contributed by atoms with van der Waals surface area (Å²) in [4.78, 5) is 19.1. The fraction of sp³-hybridized carbons (Fsp3) is 0.714. The van der Waals surface area contributed by atoms with Gasteiger partial charge in [-0.15, -0.1) is 0 Å². The molecule has 6 nitrogen and oxygen atoms in total. The molecule has 0 bridgehead atoms. The number of esters is 1. The van der Waals surface area contributed by atoms with Gasteiger partial charge in [0.1, 0.15) is 18.5 Å². The standard InChI is InChI=1S/C14H21ClF2N4O2/c1-2-23-11(22)3-4-20-5-6-21(8-10(20)7-16)14-12(17)13(15)18-9-19-14/h10,18H,2-9H2,1H3/t10-/m1/s1. The number of halogens is 3. The number of aliphatic imine (C=N–C) groups is 1. The first-order valence-corrected chi connectivity index (χ1v) is 7.99. The molecule has 0 aromatic carbocycles. The Morgan fingerprint density at radius 2 is 2.30 bits per heavy atom. The van der Waals surface area contributed by atoms with Gasteiger partial charge in [0.05, 0.1) is 19.1 Å². The number of nitrogens with zero attached hydrogens (tertiary/aromatic N) is 3. The molecule has 0 amide bonds. The van der Waals surface area contributed by atoms with E-state index in [1.54, 1.807) is 11.8 Å². The van der Waals surface area contributed by atoms with Crippen LogP contribution in [0.4, 0.5) is 8.78 Å². The maximum absolute atomic E-state index is 14.0. The average Bonchev–Trinajstić information content (AvgIpc) is 2.55. The molecular weight excluding hydrogens is 330 g/mol. The predicted molar refractivity (Wildman–Crippen MR) is 83.6 cm³/mol. The predicted octanol–water partition coefficient (Wildman–Crippen LogP) is 1.23. The molecule has 0 aliphatic carbocycles. The molecule has 1 saturated heterocycles. The molecule has 2 rings (SSSR count). The van der Waals surface area contributed by atoms with Crippen molar-refractivity contribution in [2.45, 2.75) is 19.4 Å². The monoisotopic (exact) mass is 350 g/mol. The highest BCUT2D eigenvalue weighted by molar-refractivity contribution is 6.31. The lowest BCUT2D eigenvalue weighted by atomic mass is 10.1. The lowest BCUT2D eigenvalue weighted by molar-refractivity contribution is -0.143. The van der Waals surface area contributed by atoms with Gasteiger partial charge in [0.15, 0.2) is 11.7 Å². The third-order valence-electron chi connectivity index (χ3n) is 3.84. The zero-order valence-electron chi connectivity index (χ0n) is 13.0. The highest BCUT2D eigenvalue weighted by atomic mass is 35.5. The van der Waals surface area contributed by atoms with E-state index in [4.69, 9.17) is 16.3 Å². The molecular formula is C14H21ClF2N4O2. The van der Waals surface area contributed by atoms with E-state index in [9.17, 15) is 13.6 Å². The molecule has 0 radical (unpaired) electrons. The van der Waals surface area contributed by atoms with Crippen molar-refractivity contribution < 1.29 is 18.3 Å². The van der Waals surface area contributed by atoms with E-state index in [1.807, 2.05) is 4.90 Å². The molecule has 130 valence electrons. The van der Waals surface area contributed by atoms with Crippen LogP contribution in [0.1, 0.15) is 13.3 Å². The zero-order chi connectivity index (χ0) is 16.8. The largest absolute Gasteiger partial charge is 0.466 e. The molecule has 0 aromatic rings. The number of nitrogens with one attached hydrogen (secondary N) is 1. The van der Waals surface area contributed by atoms with Crippen molar-refractivity contribution in [3.8, 4) is 0 Å². The van der Waals surface area contributed by atoms with E-state index in [-0.39, 0.29) is 30.1 Å². The fourth-order valence-electron chi connectivity index (χ4n) is 2.66. The maximum atomic E-state index is 14.0. The van der Waals surface area contributed by atoms with Gasteiger partial charge in [-0.3, -0.25) is 9.69 Å². The zero-order valence-corrected chi connectivity index (χ0v) is 13.8. The molecule has 0 aromatic heterocycles. The number of piperazine rings is 1. The van der Waals surface area contributed by atoms with Gasteiger partial charge in [-0.2, -0.15) is 4.39 Å². The number of amidine groups is 1. The number of ether oxygens (including phenoxy) is 1. The summed E-state index contributed by atoms with van der Waals surface area (Å²) in [6, 6.07) is -0.415. The molecule has 9 heteroatoms. The molecule has 0 unspecified atom stereocenters. The second-order valence-corrected chi connectivity index (χ2v) is 5.67. The number of carbonyl (C=O) groups excluding carboxylic acids is 1. The van der Waals surface area contributed by atoms with E-state index < -0.39 is 18.5 Å². The summed E-state index contributed by atoms with van der Waals surface area (Å²) in [5, 5.41) is 2.53. The van der Waals surface area contributed by atoms with Crippen LogP contribution < -0.4 is 5.32 Å². The van der Waals surface area contributed by atoms with E-state index in [0.29, 0.717) is 32.8 Å². The highest BCUT2D eigenvalue weighted by Gasteiger charge is 2.31. The van der Waals surface area contributed by atoms with Gasteiger partial charge in [-0.1, -0.05) is 11.6 Å². The first-order chi connectivity index (χ1) is 11.1. The normalized spacial score (nSPS) is 22.7. The summed E-state index contributed by atoms with van der Waals surface area (Å²) in [7, 11) is 0. The van der Waals surface area contributed by atoms with Crippen molar-refractivity contribution in [2.24, 2.45) is 4.99 Å². The molecule has 1 N–H and O–H groups in total. The summed E-state index contributed by atoms with van der Waals surface area (Å²) in [6.07, 6.45) is 0.218. The van der Waals surface area contributed by atoms with E-state index in [1.165, 1.54) is 0 Å². The Morgan fingerprint density at radius 3 is 3.00 bits per heavy atom. The number of hydrogen-bond acceptors (Lipinski definition) is 6. The Bertz CT molecular complexity index is 501. The molecule has 2 aliphatic heterocycles. The van der Waals surface area contributed by atoms with Crippen LogP contribution in [0.2, 0.25) is 0 Å². The van der Waals surface area contributed by atoms with Crippen molar-refractivity contribution in [1.82, 2.24) is 15.1 Å². The van der Waals surface area contributed by atoms with Crippen LogP contribution in [-0.2, 0) is 9.53 Å². The first kappa shape index (κ1) is 17.9. The smallest absolute Gasteiger partial charge is 0.307 e. The minimum absolute atomic E-state index is 0.0726. The van der Waals surface area contributed by atoms with E-state index in [2.05, 4.69) is 10.3 Å². The maximum Gasteiger partial charge on any atom is 0.307 e. The van der Waals surface area contributed by atoms with Crippen molar-refractivity contribution >= 4 is 23.4 Å². The highest BCUT2D eigenvalue weighted by Crippen LogP contribution is 2.20. The molecule has 1 fully saturated rings. The number of alkyl halides is 1. The van der Waals surface area contributed by atoms with Crippen LogP contribution in [0.15, 0.2) is 16.0 Å². The number of carbonyl (C=O) groups is 1. The van der Waals surface area contributed by atoms with E-state index in [0.717, 1.165) is 0 Å². The van der Waals surface area contributed by atoms with Crippen LogP contribution >= 0.6 is 11.6 Å². The van der Waals surface area contributed by atoms with Crippen LogP contribution in [0, 0.1) is 0 Å². The molecule has 23 heavy (non-hydrogen) atoms. The van der Waals surface area contributed by atoms with Crippen molar-refractivity contribution in [2.75, 3.05) is 46.1 Å². The minimum Gasteiger partial charge on any atom is -0.466 e. The Labute approximate surface area is 139 Å². The molecule has 2 aliphatic rings. The second kappa shape index (κ2) is 8.44. The SMILES string of the molecule is CCOC(=O)CCN1CCN(C2=NCNC(Cl)=C2F)C[C@H]1CF. The summed E-state index contributed by atoms with van der Waals surface area (Å²) in [5.74, 6) is -0.747. The molecule has 1 atom stereocenters. The van der Waals surface area contributed by atoms with Crippen molar-refractivity contribution in [3.05, 3.63) is 11.0 Å². The quantitative estimate of drug-likeness (QED) is 0.597. The number of rotatable bonds is 5. The second-order valence-electron chi connectivity index (χ2n) is 5.29. The van der Waals surface area contributed by atoms with Gasteiger partial charge >= 0.3 is 5.97 Å². The average molecular weight is 351 g/mol. The molecule has 0 saturated carbocycles. The Hall–Kier alpha value is -1.41. The minimum atomic E-state index is -0.615.